The van der Waals surface area contributed by atoms with Crippen molar-refractivity contribution in [1.82, 2.24) is 14.9 Å². The number of benzene rings is 1. The van der Waals surface area contributed by atoms with Crippen molar-refractivity contribution in [3.8, 4) is 0 Å². The molecule has 1 aromatic heterocycles. The van der Waals surface area contributed by atoms with Gasteiger partial charge >= 0.3 is 0 Å². The molecule has 0 unspecified atom stereocenters. The molecule has 2 bridgehead atoms. The summed E-state index contributed by atoms with van der Waals surface area (Å²) in [5.41, 5.74) is 5.49. The Bertz CT molecular complexity index is 705. The van der Waals surface area contributed by atoms with Crippen molar-refractivity contribution in [3.63, 3.8) is 0 Å². The molecule has 0 radical (unpaired) electrons. The molecule has 1 fully saturated rings. The number of fused-ring (bicyclic) bond motifs is 4. The molecule has 0 N–H and O–H groups in total. The quantitative estimate of drug-likeness (QED) is 0.852. The molecule has 2 aliphatic heterocycles. The molecule has 23 heavy (non-hydrogen) atoms. The van der Waals surface area contributed by atoms with E-state index in [1.165, 1.54) is 35.2 Å². The summed E-state index contributed by atoms with van der Waals surface area (Å²) in [6.45, 7) is 7.53. The molecule has 1 saturated heterocycles. The van der Waals surface area contributed by atoms with Crippen LogP contribution in [-0.2, 0) is 13.0 Å². The smallest absolute Gasteiger partial charge is 0.125 e. The van der Waals surface area contributed by atoms with E-state index in [0.717, 1.165) is 18.8 Å². The third kappa shape index (κ3) is 2.67. The van der Waals surface area contributed by atoms with Gasteiger partial charge in [0.05, 0.1) is 5.69 Å². The van der Waals surface area contributed by atoms with Crippen molar-refractivity contribution in [2.45, 2.75) is 64.6 Å². The molecule has 1 aromatic carbocycles. The molecule has 3 heterocycles. The zero-order valence-electron chi connectivity index (χ0n) is 14.3. The van der Waals surface area contributed by atoms with Crippen LogP contribution in [0.25, 0.3) is 0 Å². The van der Waals surface area contributed by atoms with Crippen LogP contribution in [0.1, 0.15) is 66.9 Å². The number of aryl methyl sites for hydroxylation is 1. The summed E-state index contributed by atoms with van der Waals surface area (Å²) < 4.78 is 0. The van der Waals surface area contributed by atoms with E-state index in [9.17, 15) is 0 Å². The van der Waals surface area contributed by atoms with Crippen LogP contribution in [-0.4, -0.2) is 20.9 Å². The van der Waals surface area contributed by atoms with Crippen LogP contribution < -0.4 is 0 Å². The average Bonchev–Trinajstić information content (AvgIpc) is 2.81. The Kier molecular flexibility index (Phi) is 3.68. The van der Waals surface area contributed by atoms with Crippen molar-refractivity contribution >= 4 is 0 Å². The third-order valence-corrected chi connectivity index (χ3v) is 5.46. The zero-order chi connectivity index (χ0) is 16.0. The molecular formula is C20H25N3. The molecular weight excluding hydrogens is 282 g/mol. The van der Waals surface area contributed by atoms with Gasteiger partial charge in [0.1, 0.15) is 5.82 Å². The fourth-order valence-electron chi connectivity index (χ4n) is 4.14. The summed E-state index contributed by atoms with van der Waals surface area (Å²) in [5.74, 6) is 1.50. The van der Waals surface area contributed by atoms with Crippen LogP contribution in [0.3, 0.4) is 0 Å². The molecule has 3 heteroatoms. The first-order valence-electron chi connectivity index (χ1n) is 8.79. The number of aromatic nitrogens is 2. The van der Waals surface area contributed by atoms with Gasteiger partial charge in [0.2, 0.25) is 0 Å². The highest BCUT2D eigenvalue weighted by molar-refractivity contribution is 5.30. The lowest BCUT2D eigenvalue weighted by Gasteiger charge is -2.35. The molecule has 3 nitrogen and oxygen atoms in total. The van der Waals surface area contributed by atoms with E-state index in [4.69, 9.17) is 0 Å². The normalized spacial score (nSPS) is 23.3. The molecule has 2 aliphatic rings. The van der Waals surface area contributed by atoms with Gasteiger partial charge in [-0.1, -0.05) is 38.1 Å². The van der Waals surface area contributed by atoms with E-state index < -0.39 is 0 Å². The van der Waals surface area contributed by atoms with Crippen molar-refractivity contribution in [1.29, 1.82) is 0 Å². The molecule has 0 aliphatic carbocycles. The lowest BCUT2D eigenvalue weighted by Crippen LogP contribution is -2.37. The Morgan fingerprint density at radius 2 is 1.96 bits per heavy atom. The summed E-state index contributed by atoms with van der Waals surface area (Å²) >= 11 is 0. The lowest BCUT2D eigenvalue weighted by atomic mass is 9.97. The first kappa shape index (κ1) is 14.8. The fraction of sp³-hybridized carbons (Fsp3) is 0.500. The first-order chi connectivity index (χ1) is 11.1. The van der Waals surface area contributed by atoms with Crippen LogP contribution in [0.2, 0.25) is 0 Å². The van der Waals surface area contributed by atoms with E-state index in [1.54, 1.807) is 0 Å². The van der Waals surface area contributed by atoms with Crippen molar-refractivity contribution in [2.75, 3.05) is 0 Å². The number of nitrogens with zero attached hydrogens (tertiary/aromatic N) is 3. The van der Waals surface area contributed by atoms with Crippen LogP contribution in [0.15, 0.2) is 30.5 Å². The maximum Gasteiger partial charge on any atom is 0.125 e. The van der Waals surface area contributed by atoms with E-state index in [-0.39, 0.29) is 0 Å². The zero-order valence-corrected chi connectivity index (χ0v) is 14.3. The van der Waals surface area contributed by atoms with Crippen LogP contribution in [0.4, 0.5) is 0 Å². The van der Waals surface area contributed by atoms with Gasteiger partial charge < -0.3 is 0 Å². The highest BCUT2D eigenvalue weighted by Gasteiger charge is 2.40. The van der Waals surface area contributed by atoms with Crippen LogP contribution >= 0.6 is 0 Å². The van der Waals surface area contributed by atoms with Gasteiger partial charge in [-0.15, -0.1) is 0 Å². The number of hydrogen-bond donors (Lipinski definition) is 0. The van der Waals surface area contributed by atoms with E-state index in [0.29, 0.717) is 18.0 Å². The molecule has 4 rings (SSSR count). The topological polar surface area (TPSA) is 29.0 Å². The van der Waals surface area contributed by atoms with Gasteiger partial charge in [0, 0.05) is 36.8 Å². The minimum absolute atomic E-state index is 0.508. The van der Waals surface area contributed by atoms with E-state index >= 15 is 0 Å². The summed E-state index contributed by atoms with van der Waals surface area (Å²) in [7, 11) is 0. The highest BCUT2D eigenvalue weighted by atomic mass is 15.2. The molecule has 120 valence electrons. The second-order valence-electron chi connectivity index (χ2n) is 7.34. The molecule has 2 atom stereocenters. The summed E-state index contributed by atoms with van der Waals surface area (Å²) in [6.07, 6.45) is 5.68. The second-order valence-corrected chi connectivity index (χ2v) is 7.34. The minimum atomic E-state index is 0.508. The van der Waals surface area contributed by atoms with Gasteiger partial charge in [-0.2, -0.15) is 0 Å². The van der Waals surface area contributed by atoms with Gasteiger partial charge in [0.25, 0.3) is 0 Å². The van der Waals surface area contributed by atoms with Gasteiger partial charge in [-0.3, -0.25) is 4.90 Å². The molecule has 0 saturated carbocycles. The first-order valence-corrected chi connectivity index (χ1v) is 8.79. The Hall–Kier alpha value is -1.74. The summed E-state index contributed by atoms with van der Waals surface area (Å²) in [6, 6.07) is 10.3. The predicted octanol–water partition coefficient (Wildman–Crippen LogP) is 4.17. The maximum atomic E-state index is 4.69. The van der Waals surface area contributed by atoms with Crippen molar-refractivity contribution < 1.29 is 0 Å². The number of hydrogen-bond acceptors (Lipinski definition) is 3. The Balaban J connectivity index is 1.57. The Morgan fingerprint density at radius 3 is 2.70 bits per heavy atom. The summed E-state index contributed by atoms with van der Waals surface area (Å²) in [4.78, 5) is 11.8. The SMILES string of the molecule is Cc1ncc2c(n1)C[C@@H]1CC[C@@H]2N1Cc1ccc(C(C)C)cc1. The van der Waals surface area contributed by atoms with E-state index in [2.05, 4.69) is 59.2 Å². The van der Waals surface area contributed by atoms with Crippen molar-refractivity contribution in [2.24, 2.45) is 0 Å². The van der Waals surface area contributed by atoms with Gasteiger partial charge in [-0.25, -0.2) is 9.97 Å². The molecule has 0 amide bonds. The second kappa shape index (κ2) is 5.72. The minimum Gasteiger partial charge on any atom is -0.289 e. The standard InChI is InChI=1S/C20H25N3/c1-13(2)16-6-4-15(5-7-16)12-23-17-8-9-20(23)18-11-21-14(3)22-19(18)10-17/h4-7,11,13,17,20H,8-10,12H2,1-3H3/t17-,20-/m0/s1. The molecule has 0 spiro atoms. The largest absolute Gasteiger partial charge is 0.289 e. The van der Waals surface area contributed by atoms with Gasteiger partial charge in [-0.05, 0) is 36.8 Å². The van der Waals surface area contributed by atoms with Crippen LogP contribution in [0, 0.1) is 6.92 Å². The average molecular weight is 307 g/mol. The van der Waals surface area contributed by atoms with Crippen molar-refractivity contribution in [3.05, 3.63) is 58.7 Å². The predicted molar refractivity (Wildman–Crippen MR) is 92.3 cm³/mol. The monoisotopic (exact) mass is 307 g/mol. The Labute approximate surface area is 138 Å². The molecule has 2 aromatic rings. The fourth-order valence-corrected chi connectivity index (χ4v) is 4.14. The van der Waals surface area contributed by atoms with E-state index in [1.807, 2.05) is 6.92 Å². The summed E-state index contributed by atoms with van der Waals surface area (Å²) in [5, 5.41) is 0. The highest BCUT2D eigenvalue weighted by Crippen LogP contribution is 2.43. The maximum absolute atomic E-state index is 4.69. The Morgan fingerprint density at radius 1 is 1.17 bits per heavy atom. The van der Waals surface area contributed by atoms with Gasteiger partial charge in [0.15, 0.2) is 0 Å². The third-order valence-electron chi connectivity index (χ3n) is 5.46. The number of rotatable bonds is 3. The van der Waals surface area contributed by atoms with Crippen LogP contribution in [0.5, 0.6) is 0 Å². The lowest BCUT2D eigenvalue weighted by molar-refractivity contribution is 0.166.